The lowest BCUT2D eigenvalue weighted by Crippen LogP contribution is -2.12. The second-order valence-electron chi connectivity index (χ2n) is 4.36. The van der Waals surface area contributed by atoms with Gasteiger partial charge in [0.05, 0.1) is 16.8 Å². The molecule has 1 aromatic carbocycles. The summed E-state index contributed by atoms with van der Waals surface area (Å²) in [6.07, 6.45) is 2.43. The van der Waals surface area contributed by atoms with E-state index in [0.717, 1.165) is 26.6 Å². The first kappa shape index (κ1) is 12.6. The fourth-order valence-electron chi connectivity index (χ4n) is 2.14. The van der Waals surface area contributed by atoms with Crippen LogP contribution in [0.2, 0.25) is 5.02 Å². The number of hydrogen-bond acceptors (Lipinski definition) is 3. The van der Waals surface area contributed by atoms with Crippen LogP contribution < -0.4 is 5.32 Å². The predicted molar refractivity (Wildman–Crippen MR) is 80.2 cm³/mol. The average Bonchev–Trinajstić information content (AvgIpc) is 3.01. The molecule has 0 aliphatic carbocycles. The van der Waals surface area contributed by atoms with Crippen molar-refractivity contribution in [2.75, 3.05) is 6.54 Å². The third-order valence-corrected chi connectivity index (χ3v) is 5.23. The molecular weight excluding hydrogens is 332 g/mol. The Morgan fingerprint density at radius 1 is 1.44 bits per heavy atom. The third kappa shape index (κ3) is 2.48. The van der Waals surface area contributed by atoms with Crippen molar-refractivity contribution < 1.29 is 0 Å². The second-order valence-corrected chi connectivity index (χ2v) is 6.47. The number of benzene rings is 1. The molecule has 18 heavy (non-hydrogen) atoms. The van der Waals surface area contributed by atoms with Crippen molar-refractivity contribution in [2.45, 2.75) is 18.9 Å². The van der Waals surface area contributed by atoms with Gasteiger partial charge in [-0.1, -0.05) is 17.7 Å². The van der Waals surface area contributed by atoms with E-state index in [1.54, 1.807) is 11.3 Å². The number of halogens is 2. The van der Waals surface area contributed by atoms with Gasteiger partial charge in [-0.05, 0) is 47.4 Å². The van der Waals surface area contributed by atoms with Crippen LogP contribution in [-0.2, 0) is 0 Å². The molecule has 2 heterocycles. The van der Waals surface area contributed by atoms with E-state index in [2.05, 4.69) is 26.6 Å². The van der Waals surface area contributed by atoms with Crippen LogP contribution in [0.3, 0.4) is 0 Å². The summed E-state index contributed by atoms with van der Waals surface area (Å²) in [7, 11) is 0. The predicted octanol–water partition coefficient (Wildman–Crippen LogP) is 4.65. The van der Waals surface area contributed by atoms with Gasteiger partial charge in [-0.3, -0.25) is 0 Å². The van der Waals surface area contributed by atoms with Gasteiger partial charge in [-0.25, -0.2) is 4.98 Å². The van der Waals surface area contributed by atoms with Crippen LogP contribution in [0.25, 0.3) is 10.6 Å². The lowest BCUT2D eigenvalue weighted by Gasteiger charge is -2.05. The zero-order valence-electron chi connectivity index (χ0n) is 9.62. The van der Waals surface area contributed by atoms with E-state index < -0.39 is 0 Å². The number of hydrogen-bond donors (Lipinski definition) is 1. The fraction of sp³-hybridized carbons (Fsp3) is 0.308. The van der Waals surface area contributed by atoms with Crippen LogP contribution in [0.5, 0.6) is 0 Å². The molecule has 2 aromatic rings. The lowest BCUT2D eigenvalue weighted by molar-refractivity contribution is 0.632. The number of thiazole rings is 1. The molecule has 0 spiro atoms. The van der Waals surface area contributed by atoms with Gasteiger partial charge in [0.15, 0.2) is 0 Å². The zero-order chi connectivity index (χ0) is 12.5. The van der Waals surface area contributed by atoms with Gasteiger partial charge in [0.2, 0.25) is 0 Å². The first-order valence-electron chi connectivity index (χ1n) is 5.88. The normalized spacial score (nSPS) is 19.3. The van der Waals surface area contributed by atoms with Crippen molar-refractivity contribution in [2.24, 2.45) is 0 Å². The number of nitrogens with zero attached hydrogens (tertiary/aromatic N) is 1. The molecule has 3 rings (SSSR count). The highest BCUT2D eigenvalue weighted by molar-refractivity contribution is 9.10. The Bertz CT molecular complexity index is 564. The van der Waals surface area contributed by atoms with Gasteiger partial charge in [-0.2, -0.15) is 0 Å². The van der Waals surface area contributed by atoms with Gasteiger partial charge < -0.3 is 5.32 Å². The molecular formula is C13H12BrClN2S. The van der Waals surface area contributed by atoms with Crippen LogP contribution in [0.4, 0.5) is 0 Å². The Morgan fingerprint density at radius 2 is 2.33 bits per heavy atom. The van der Waals surface area contributed by atoms with Crippen molar-refractivity contribution in [3.05, 3.63) is 38.8 Å². The molecule has 2 nitrogen and oxygen atoms in total. The van der Waals surface area contributed by atoms with Crippen molar-refractivity contribution in [3.63, 3.8) is 0 Å². The molecule has 1 atom stereocenters. The summed E-state index contributed by atoms with van der Waals surface area (Å²) in [6.45, 7) is 1.10. The summed E-state index contributed by atoms with van der Waals surface area (Å²) in [5.74, 6) is 0. The van der Waals surface area contributed by atoms with Crippen molar-refractivity contribution >= 4 is 38.9 Å². The Kier molecular flexibility index (Phi) is 3.71. The van der Waals surface area contributed by atoms with Gasteiger partial charge in [0.25, 0.3) is 0 Å². The third-order valence-electron chi connectivity index (χ3n) is 3.11. The summed E-state index contributed by atoms with van der Waals surface area (Å²) in [5.41, 5.74) is 2.28. The van der Waals surface area contributed by atoms with E-state index >= 15 is 0 Å². The Balaban J connectivity index is 1.89. The zero-order valence-corrected chi connectivity index (χ0v) is 12.8. The maximum absolute atomic E-state index is 6.00. The monoisotopic (exact) mass is 342 g/mol. The SMILES string of the molecule is Clc1ccc(-c2nc([C@@H]3CCCN3)cs2)cc1Br. The first-order valence-corrected chi connectivity index (χ1v) is 7.93. The molecule has 0 bridgehead atoms. The maximum Gasteiger partial charge on any atom is 0.123 e. The molecule has 0 saturated carbocycles. The minimum absolute atomic E-state index is 0.436. The van der Waals surface area contributed by atoms with Crippen LogP contribution >= 0.6 is 38.9 Å². The number of nitrogens with one attached hydrogen (secondary N) is 1. The smallest absolute Gasteiger partial charge is 0.123 e. The summed E-state index contributed by atoms with van der Waals surface area (Å²) < 4.78 is 0.914. The fourth-order valence-corrected chi connectivity index (χ4v) is 3.51. The quantitative estimate of drug-likeness (QED) is 0.858. The molecule has 1 fully saturated rings. The molecule has 0 amide bonds. The summed E-state index contributed by atoms with van der Waals surface area (Å²) in [5, 5.41) is 7.41. The average molecular weight is 344 g/mol. The molecule has 1 aliphatic rings. The van der Waals surface area contributed by atoms with Crippen LogP contribution in [-0.4, -0.2) is 11.5 Å². The van der Waals surface area contributed by atoms with Crippen LogP contribution in [0.1, 0.15) is 24.6 Å². The van der Waals surface area contributed by atoms with E-state index in [1.807, 2.05) is 18.2 Å². The lowest BCUT2D eigenvalue weighted by atomic mass is 10.2. The van der Waals surface area contributed by atoms with Crippen molar-refractivity contribution in [1.82, 2.24) is 10.3 Å². The highest BCUT2D eigenvalue weighted by Gasteiger charge is 2.19. The maximum atomic E-state index is 6.00. The molecule has 0 radical (unpaired) electrons. The molecule has 1 saturated heterocycles. The van der Waals surface area contributed by atoms with E-state index in [0.29, 0.717) is 6.04 Å². The Labute approximate surface area is 124 Å². The largest absolute Gasteiger partial charge is 0.309 e. The van der Waals surface area contributed by atoms with E-state index in [9.17, 15) is 0 Å². The molecule has 5 heteroatoms. The highest BCUT2D eigenvalue weighted by Crippen LogP contribution is 2.32. The molecule has 1 aromatic heterocycles. The summed E-state index contributed by atoms with van der Waals surface area (Å²) in [4.78, 5) is 4.73. The standard InChI is InChI=1S/C13H12BrClN2S/c14-9-6-8(3-4-10(9)15)13-17-12(7-18-13)11-2-1-5-16-11/h3-4,6-7,11,16H,1-2,5H2/t11-/m0/s1. The van der Waals surface area contributed by atoms with Gasteiger partial charge in [0.1, 0.15) is 5.01 Å². The minimum Gasteiger partial charge on any atom is -0.309 e. The number of rotatable bonds is 2. The van der Waals surface area contributed by atoms with E-state index in [1.165, 1.54) is 18.5 Å². The summed E-state index contributed by atoms with van der Waals surface area (Å²) in [6, 6.07) is 6.37. The molecule has 1 aliphatic heterocycles. The van der Waals surface area contributed by atoms with Gasteiger partial charge in [0, 0.05) is 15.4 Å². The van der Waals surface area contributed by atoms with Crippen molar-refractivity contribution in [1.29, 1.82) is 0 Å². The van der Waals surface area contributed by atoms with Gasteiger partial charge in [-0.15, -0.1) is 11.3 Å². The number of aromatic nitrogens is 1. The topological polar surface area (TPSA) is 24.9 Å². The van der Waals surface area contributed by atoms with Gasteiger partial charge >= 0.3 is 0 Å². The van der Waals surface area contributed by atoms with E-state index in [-0.39, 0.29) is 0 Å². The molecule has 0 unspecified atom stereocenters. The summed E-state index contributed by atoms with van der Waals surface area (Å²) >= 11 is 11.1. The molecule has 94 valence electrons. The first-order chi connectivity index (χ1) is 8.74. The van der Waals surface area contributed by atoms with Crippen molar-refractivity contribution in [3.8, 4) is 10.6 Å². The Hall–Kier alpha value is -0.420. The van der Waals surface area contributed by atoms with E-state index in [4.69, 9.17) is 16.6 Å². The Morgan fingerprint density at radius 3 is 3.06 bits per heavy atom. The second kappa shape index (κ2) is 5.29. The minimum atomic E-state index is 0.436. The van der Waals surface area contributed by atoms with Crippen LogP contribution in [0.15, 0.2) is 28.1 Å². The highest BCUT2D eigenvalue weighted by atomic mass is 79.9. The molecule has 1 N–H and O–H groups in total. The van der Waals surface area contributed by atoms with Crippen LogP contribution in [0, 0.1) is 0 Å².